The fraction of sp³-hybridized carbons (Fsp3) is 0.333. The van der Waals surface area contributed by atoms with Gasteiger partial charge in [-0.2, -0.15) is 0 Å². The van der Waals surface area contributed by atoms with Crippen molar-refractivity contribution in [2.45, 2.75) is 32.3 Å². The fourth-order valence-corrected chi connectivity index (χ4v) is 3.38. The molecule has 1 aliphatic rings. The number of aromatic nitrogens is 2. The molecule has 2 aromatic heterocycles. The number of piperidine rings is 1. The van der Waals surface area contributed by atoms with E-state index in [4.69, 9.17) is 9.72 Å². The van der Waals surface area contributed by atoms with Crippen LogP contribution in [0.25, 0.3) is 10.9 Å². The van der Waals surface area contributed by atoms with E-state index >= 15 is 0 Å². The first-order valence-corrected chi connectivity index (χ1v) is 8.95. The molecule has 3 heterocycles. The third kappa shape index (κ3) is 3.80. The molecule has 0 amide bonds. The van der Waals surface area contributed by atoms with Crippen LogP contribution in [0.2, 0.25) is 0 Å². The first-order valence-electron chi connectivity index (χ1n) is 8.95. The summed E-state index contributed by atoms with van der Waals surface area (Å²) in [6.45, 7) is 4.67. The van der Waals surface area contributed by atoms with Gasteiger partial charge in [0.1, 0.15) is 6.61 Å². The summed E-state index contributed by atoms with van der Waals surface area (Å²) in [5, 5.41) is 4.54. The number of hydrogen-bond donors (Lipinski definition) is 1. The lowest BCUT2D eigenvalue weighted by molar-refractivity contribution is 0.291. The molecule has 0 radical (unpaired) electrons. The van der Waals surface area contributed by atoms with Crippen molar-refractivity contribution in [2.75, 3.05) is 13.1 Å². The highest BCUT2D eigenvalue weighted by Gasteiger charge is 2.16. The molecule has 4 nitrogen and oxygen atoms in total. The van der Waals surface area contributed by atoms with Crippen LogP contribution in [0, 0.1) is 6.92 Å². The SMILES string of the molecule is Cc1ccc2cc(COc3cccc(C4CCNCC4)n3)ccc2n1. The van der Waals surface area contributed by atoms with Crippen molar-refractivity contribution in [1.29, 1.82) is 0 Å². The Balaban J connectivity index is 1.46. The van der Waals surface area contributed by atoms with Crippen molar-refractivity contribution in [2.24, 2.45) is 0 Å². The van der Waals surface area contributed by atoms with E-state index < -0.39 is 0 Å². The second-order valence-electron chi connectivity index (χ2n) is 6.69. The highest BCUT2D eigenvalue weighted by atomic mass is 16.5. The lowest BCUT2D eigenvalue weighted by Gasteiger charge is -2.22. The Bertz CT molecular complexity index is 872. The van der Waals surface area contributed by atoms with Crippen molar-refractivity contribution in [1.82, 2.24) is 15.3 Å². The Labute approximate surface area is 148 Å². The summed E-state index contributed by atoms with van der Waals surface area (Å²) in [5.41, 5.74) is 4.34. The molecule has 3 aromatic rings. The summed E-state index contributed by atoms with van der Waals surface area (Å²) >= 11 is 0. The molecule has 0 atom stereocenters. The number of nitrogens with one attached hydrogen (secondary N) is 1. The number of fused-ring (bicyclic) bond motifs is 1. The summed E-state index contributed by atoms with van der Waals surface area (Å²) in [7, 11) is 0. The second-order valence-corrected chi connectivity index (χ2v) is 6.69. The molecule has 128 valence electrons. The molecule has 0 aliphatic carbocycles. The van der Waals surface area contributed by atoms with Crippen LogP contribution in [-0.4, -0.2) is 23.1 Å². The number of pyridine rings is 2. The lowest BCUT2D eigenvalue weighted by atomic mass is 9.94. The van der Waals surface area contributed by atoms with Crippen LogP contribution >= 0.6 is 0 Å². The summed E-state index contributed by atoms with van der Waals surface area (Å²) in [6.07, 6.45) is 2.29. The van der Waals surface area contributed by atoms with Crippen LogP contribution in [-0.2, 0) is 6.61 Å². The van der Waals surface area contributed by atoms with Gasteiger partial charge in [-0.1, -0.05) is 18.2 Å². The lowest BCUT2D eigenvalue weighted by Crippen LogP contribution is -2.27. The molecule has 4 rings (SSSR count). The van der Waals surface area contributed by atoms with Gasteiger partial charge in [0.2, 0.25) is 5.88 Å². The Kier molecular flexibility index (Phi) is 4.61. The smallest absolute Gasteiger partial charge is 0.213 e. The van der Waals surface area contributed by atoms with E-state index in [2.05, 4.69) is 40.6 Å². The van der Waals surface area contributed by atoms with Crippen molar-refractivity contribution in [3.63, 3.8) is 0 Å². The van der Waals surface area contributed by atoms with E-state index in [1.54, 1.807) is 0 Å². The second kappa shape index (κ2) is 7.19. The molecule has 25 heavy (non-hydrogen) atoms. The van der Waals surface area contributed by atoms with Crippen LogP contribution < -0.4 is 10.1 Å². The number of ether oxygens (including phenoxy) is 1. The van der Waals surface area contributed by atoms with E-state index in [0.29, 0.717) is 18.4 Å². The summed E-state index contributed by atoms with van der Waals surface area (Å²) in [6, 6.07) is 16.5. The average molecular weight is 333 g/mol. The summed E-state index contributed by atoms with van der Waals surface area (Å²) < 4.78 is 5.95. The summed E-state index contributed by atoms with van der Waals surface area (Å²) in [5.74, 6) is 1.25. The average Bonchev–Trinajstić information content (AvgIpc) is 2.67. The van der Waals surface area contributed by atoms with E-state index in [0.717, 1.165) is 53.8 Å². The third-order valence-electron chi connectivity index (χ3n) is 4.78. The van der Waals surface area contributed by atoms with E-state index in [9.17, 15) is 0 Å². The highest BCUT2D eigenvalue weighted by Crippen LogP contribution is 2.25. The van der Waals surface area contributed by atoms with Crippen LogP contribution in [0.5, 0.6) is 5.88 Å². The maximum absolute atomic E-state index is 5.95. The van der Waals surface area contributed by atoms with E-state index in [1.165, 1.54) is 0 Å². The van der Waals surface area contributed by atoms with Gasteiger partial charge in [0.05, 0.1) is 5.52 Å². The molecular weight excluding hydrogens is 310 g/mol. The van der Waals surface area contributed by atoms with Crippen molar-refractivity contribution >= 4 is 10.9 Å². The zero-order valence-corrected chi connectivity index (χ0v) is 14.5. The molecule has 4 heteroatoms. The zero-order chi connectivity index (χ0) is 17.1. The standard InChI is InChI=1S/C21H23N3O/c1-15-5-7-18-13-16(6-8-20(18)23-15)14-25-21-4-2-3-19(24-21)17-9-11-22-12-10-17/h2-8,13,17,22H,9-12,14H2,1H3. The molecule has 1 aliphatic heterocycles. The van der Waals surface area contributed by atoms with Gasteiger partial charge in [0.15, 0.2) is 0 Å². The van der Waals surface area contributed by atoms with Gasteiger partial charge in [-0.05, 0) is 62.7 Å². The normalized spacial score (nSPS) is 15.4. The molecular formula is C21H23N3O. The molecule has 1 saturated heterocycles. The molecule has 1 fully saturated rings. The minimum absolute atomic E-state index is 0.520. The van der Waals surface area contributed by atoms with E-state index in [-0.39, 0.29) is 0 Å². The molecule has 0 bridgehead atoms. The first-order chi connectivity index (χ1) is 12.3. The topological polar surface area (TPSA) is 47.0 Å². The predicted octanol–water partition coefficient (Wildman–Crippen LogP) is 3.98. The highest BCUT2D eigenvalue weighted by molar-refractivity contribution is 5.79. The number of nitrogens with zero attached hydrogens (tertiary/aromatic N) is 2. The van der Waals surface area contributed by atoms with Crippen LogP contribution in [0.1, 0.15) is 35.7 Å². The number of hydrogen-bond acceptors (Lipinski definition) is 4. The monoisotopic (exact) mass is 333 g/mol. The van der Waals surface area contributed by atoms with Gasteiger partial charge in [0, 0.05) is 28.8 Å². The van der Waals surface area contributed by atoms with Gasteiger partial charge in [-0.25, -0.2) is 4.98 Å². The number of aryl methyl sites for hydroxylation is 1. The minimum atomic E-state index is 0.520. The predicted molar refractivity (Wildman–Crippen MR) is 99.9 cm³/mol. The van der Waals surface area contributed by atoms with Crippen LogP contribution in [0.3, 0.4) is 0 Å². The fourth-order valence-electron chi connectivity index (χ4n) is 3.38. The number of benzene rings is 1. The molecule has 1 aromatic carbocycles. The van der Waals surface area contributed by atoms with Gasteiger partial charge >= 0.3 is 0 Å². The van der Waals surface area contributed by atoms with Gasteiger partial charge in [-0.3, -0.25) is 4.98 Å². The zero-order valence-electron chi connectivity index (χ0n) is 14.5. The molecule has 0 saturated carbocycles. The molecule has 0 unspecified atom stereocenters. The van der Waals surface area contributed by atoms with E-state index in [1.807, 2.05) is 25.1 Å². The quantitative estimate of drug-likeness (QED) is 0.784. The Morgan fingerprint density at radius 3 is 2.80 bits per heavy atom. The minimum Gasteiger partial charge on any atom is -0.473 e. The molecule has 0 spiro atoms. The Morgan fingerprint density at radius 2 is 1.92 bits per heavy atom. The van der Waals surface area contributed by atoms with Crippen LogP contribution in [0.4, 0.5) is 0 Å². The maximum atomic E-state index is 5.95. The van der Waals surface area contributed by atoms with Gasteiger partial charge in [-0.15, -0.1) is 0 Å². The van der Waals surface area contributed by atoms with Crippen molar-refractivity contribution in [3.8, 4) is 5.88 Å². The van der Waals surface area contributed by atoms with Crippen molar-refractivity contribution < 1.29 is 4.74 Å². The molecule has 1 N–H and O–H groups in total. The van der Waals surface area contributed by atoms with Gasteiger partial charge in [0.25, 0.3) is 0 Å². The van der Waals surface area contributed by atoms with Gasteiger partial charge < -0.3 is 10.1 Å². The number of rotatable bonds is 4. The van der Waals surface area contributed by atoms with Crippen molar-refractivity contribution in [3.05, 3.63) is 65.5 Å². The Morgan fingerprint density at radius 1 is 1.04 bits per heavy atom. The largest absolute Gasteiger partial charge is 0.473 e. The Hall–Kier alpha value is -2.46. The maximum Gasteiger partial charge on any atom is 0.213 e. The third-order valence-corrected chi connectivity index (χ3v) is 4.78. The summed E-state index contributed by atoms with van der Waals surface area (Å²) in [4.78, 5) is 9.26. The first kappa shape index (κ1) is 16.0. The van der Waals surface area contributed by atoms with Crippen LogP contribution in [0.15, 0.2) is 48.5 Å².